The standard InChI is InChI=1S/C15H19N3O2/c1-16-15(20)18-13-8-6-12(7-9-13)17-14(19)10-11-4-2-3-5-11/h2,4,6-9,11H,3,5,10H2,1H3,(H,17,19)(H2,16,18,20)/t11-/m0/s1. The van der Waals surface area contributed by atoms with Crippen molar-refractivity contribution in [2.24, 2.45) is 5.92 Å². The topological polar surface area (TPSA) is 70.2 Å². The van der Waals surface area contributed by atoms with Crippen LogP contribution < -0.4 is 16.0 Å². The molecule has 0 saturated carbocycles. The van der Waals surface area contributed by atoms with Gasteiger partial charge in [-0.15, -0.1) is 0 Å². The number of carbonyl (C=O) groups excluding carboxylic acids is 2. The molecule has 1 aromatic carbocycles. The molecule has 0 spiro atoms. The zero-order chi connectivity index (χ0) is 14.4. The smallest absolute Gasteiger partial charge is 0.318 e. The van der Waals surface area contributed by atoms with E-state index < -0.39 is 0 Å². The van der Waals surface area contributed by atoms with Gasteiger partial charge in [-0.3, -0.25) is 4.79 Å². The van der Waals surface area contributed by atoms with E-state index in [4.69, 9.17) is 0 Å². The van der Waals surface area contributed by atoms with E-state index >= 15 is 0 Å². The molecule has 1 atom stereocenters. The molecule has 0 heterocycles. The Hall–Kier alpha value is -2.30. The van der Waals surface area contributed by atoms with Crippen molar-refractivity contribution in [1.29, 1.82) is 0 Å². The van der Waals surface area contributed by atoms with Crippen LogP contribution in [0.25, 0.3) is 0 Å². The van der Waals surface area contributed by atoms with Crippen LogP contribution in [0.3, 0.4) is 0 Å². The van der Waals surface area contributed by atoms with E-state index in [1.54, 1.807) is 31.3 Å². The molecule has 0 aromatic heterocycles. The molecule has 0 aliphatic heterocycles. The molecule has 1 aliphatic carbocycles. The largest absolute Gasteiger partial charge is 0.341 e. The third-order valence-corrected chi connectivity index (χ3v) is 3.21. The third-order valence-electron chi connectivity index (χ3n) is 3.21. The summed E-state index contributed by atoms with van der Waals surface area (Å²) in [5.74, 6) is 0.387. The normalized spacial score (nSPS) is 16.8. The lowest BCUT2D eigenvalue weighted by Crippen LogP contribution is -2.24. The van der Waals surface area contributed by atoms with Crippen LogP contribution in [0.15, 0.2) is 36.4 Å². The second-order valence-electron chi connectivity index (χ2n) is 4.80. The first kappa shape index (κ1) is 14.1. The number of hydrogen-bond acceptors (Lipinski definition) is 2. The fraction of sp³-hybridized carbons (Fsp3) is 0.333. The Morgan fingerprint density at radius 1 is 1.15 bits per heavy atom. The van der Waals surface area contributed by atoms with Crippen molar-refractivity contribution in [3.8, 4) is 0 Å². The van der Waals surface area contributed by atoms with E-state index in [2.05, 4.69) is 28.1 Å². The summed E-state index contributed by atoms with van der Waals surface area (Å²) in [6.45, 7) is 0. The fourth-order valence-corrected chi connectivity index (χ4v) is 2.15. The number of anilines is 2. The Balaban J connectivity index is 1.85. The van der Waals surface area contributed by atoms with Gasteiger partial charge in [-0.05, 0) is 43.0 Å². The third kappa shape index (κ3) is 4.12. The van der Waals surface area contributed by atoms with Gasteiger partial charge in [0.05, 0.1) is 0 Å². The highest BCUT2D eigenvalue weighted by Gasteiger charge is 2.13. The average Bonchev–Trinajstić information content (AvgIpc) is 2.93. The summed E-state index contributed by atoms with van der Waals surface area (Å²) in [5, 5.41) is 8.00. The minimum atomic E-state index is -0.269. The molecule has 1 aliphatic rings. The van der Waals surface area contributed by atoms with Crippen molar-refractivity contribution in [3.63, 3.8) is 0 Å². The highest BCUT2D eigenvalue weighted by molar-refractivity contribution is 5.92. The maximum absolute atomic E-state index is 11.9. The summed E-state index contributed by atoms with van der Waals surface area (Å²) in [6.07, 6.45) is 6.88. The summed E-state index contributed by atoms with van der Waals surface area (Å²) in [7, 11) is 1.56. The molecule has 5 nitrogen and oxygen atoms in total. The Bertz CT molecular complexity index is 508. The first-order valence-corrected chi connectivity index (χ1v) is 6.72. The molecule has 2 rings (SSSR count). The minimum Gasteiger partial charge on any atom is -0.341 e. The van der Waals surface area contributed by atoms with Crippen molar-refractivity contribution in [3.05, 3.63) is 36.4 Å². The molecule has 0 bridgehead atoms. The molecule has 0 fully saturated rings. The summed E-state index contributed by atoms with van der Waals surface area (Å²) in [5.41, 5.74) is 1.42. The fourth-order valence-electron chi connectivity index (χ4n) is 2.15. The minimum absolute atomic E-state index is 0.0218. The van der Waals surface area contributed by atoms with Crippen molar-refractivity contribution in [1.82, 2.24) is 5.32 Å². The van der Waals surface area contributed by atoms with Gasteiger partial charge in [0.15, 0.2) is 0 Å². The Labute approximate surface area is 118 Å². The van der Waals surface area contributed by atoms with Crippen molar-refractivity contribution < 1.29 is 9.59 Å². The van der Waals surface area contributed by atoms with Crippen LogP contribution in [0.2, 0.25) is 0 Å². The number of urea groups is 1. The van der Waals surface area contributed by atoms with Gasteiger partial charge in [-0.25, -0.2) is 4.79 Å². The summed E-state index contributed by atoms with van der Waals surface area (Å²) >= 11 is 0. The molecule has 0 saturated heterocycles. The maximum atomic E-state index is 11.9. The lowest BCUT2D eigenvalue weighted by Gasteiger charge is -2.09. The molecule has 0 radical (unpaired) electrons. The number of hydrogen-bond donors (Lipinski definition) is 3. The van der Waals surface area contributed by atoms with Gasteiger partial charge >= 0.3 is 6.03 Å². The number of amides is 3. The number of carbonyl (C=O) groups is 2. The lowest BCUT2D eigenvalue weighted by atomic mass is 10.1. The first-order valence-electron chi connectivity index (χ1n) is 6.72. The van der Waals surface area contributed by atoms with Crippen LogP contribution >= 0.6 is 0 Å². The number of nitrogens with one attached hydrogen (secondary N) is 3. The quantitative estimate of drug-likeness (QED) is 0.738. The van der Waals surface area contributed by atoms with Gasteiger partial charge in [0, 0.05) is 24.8 Å². The zero-order valence-corrected chi connectivity index (χ0v) is 11.5. The van der Waals surface area contributed by atoms with E-state index in [0.29, 0.717) is 18.0 Å². The Morgan fingerprint density at radius 3 is 2.35 bits per heavy atom. The SMILES string of the molecule is CNC(=O)Nc1ccc(NC(=O)C[C@H]2C=CCC2)cc1. The van der Waals surface area contributed by atoms with Crippen molar-refractivity contribution in [2.45, 2.75) is 19.3 Å². The van der Waals surface area contributed by atoms with Crippen LogP contribution in [-0.2, 0) is 4.79 Å². The monoisotopic (exact) mass is 273 g/mol. The van der Waals surface area contributed by atoms with Gasteiger partial charge in [0.25, 0.3) is 0 Å². The first-order chi connectivity index (χ1) is 9.67. The Kier molecular flexibility index (Phi) is 4.76. The van der Waals surface area contributed by atoms with E-state index in [9.17, 15) is 9.59 Å². The second-order valence-corrected chi connectivity index (χ2v) is 4.80. The van der Waals surface area contributed by atoms with E-state index in [0.717, 1.165) is 18.5 Å². The van der Waals surface area contributed by atoms with Gasteiger partial charge in [-0.1, -0.05) is 12.2 Å². The van der Waals surface area contributed by atoms with Crippen molar-refractivity contribution >= 4 is 23.3 Å². The lowest BCUT2D eigenvalue weighted by molar-refractivity contribution is -0.116. The van der Waals surface area contributed by atoms with E-state index in [-0.39, 0.29) is 11.9 Å². The molecule has 3 amide bonds. The van der Waals surface area contributed by atoms with Gasteiger partial charge in [-0.2, -0.15) is 0 Å². The number of benzene rings is 1. The van der Waals surface area contributed by atoms with Gasteiger partial charge < -0.3 is 16.0 Å². The molecule has 106 valence electrons. The second kappa shape index (κ2) is 6.75. The highest BCUT2D eigenvalue weighted by atomic mass is 16.2. The summed E-state index contributed by atoms with van der Waals surface area (Å²) < 4.78 is 0. The zero-order valence-electron chi connectivity index (χ0n) is 11.5. The number of allylic oxidation sites excluding steroid dienone is 2. The molecule has 20 heavy (non-hydrogen) atoms. The van der Waals surface area contributed by atoms with Crippen LogP contribution in [-0.4, -0.2) is 19.0 Å². The molecule has 5 heteroatoms. The van der Waals surface area contributed by atoms with E-state index in [1.165, 1.54) is 0 Å². The summed E-state index contributed by atoms with van der Waals surface area (Å²) in [6, 6.07) is 6.77. The van der Waals surface area contributed by atoms with Gasteiger partial charge in [0.2, 0.25) is 5.91 Å². The highest BCUT2D eigenvalue weighted by Crippen LogP contribution is 2.21. The van der Waals surface area contributed by atoms with E-state index in [1.807, 2.05) is 0 Å². The predicted octanol–water partition coefficient (Wildman–Crippen LogP) is 2.73. The predicted molar refractivity (Wildman–Crippen MR) is 79.6 cm³/mol. The molecule has 1 aromatic rings. The summed E-state index contributed by atoms with van der Waals surface area (Å²) in [4.78, 5) is 23.0. The number of rotatable bonds is 4. The van der Waals surface area contributed by atoms with Crippen LogP contribution in [0.4, 0.5) is 16.2 Å². The maximum Gasteiger partial charge on any atom is 0.318 e. The van der Waals surface area contributed by atoms with Crippen LogP contribution in [0.5, 0.6) is 0 Å². The molecular formula is C15H19N3O2. The van der Waals surface area contributed by atoms with Crippen LogP contribution in [0.1, 0.15) is 19.3 Å². The van der Waals surface area contributed by atoms with Crippen molar-refractivity contribution in [2.75, 3.05) is 17.7 Å². The molecular weight excluding hydrogens is 254 g/mol. The average molecular weight is 273 g/mol. The van der Waals surface area contributed by atoms with Gasteiger partial charge in [0.1, 0.15) is 0 Å². The van der Waals surface area contributed by atoms with Crippen LogP contribution in [0, 0.1) is 5.92 Å². The molecule has 0 unspecified atom stereocenters. The molecule has 3 N–H and O–H groups in total. The Morgan fingerprint density at radius 2 is 1.80 bits per heavy atom.